The van der Waals surface area contributed by atoms with Crippen molar-refractivity contribution in [3.63, 3.8) is 0 Å². The van der Waals surface area contributed by atoms with Crippen LogP contribution in [0.15, 0.2) is 36.0 Å². The zero-order valence-corrected chi connectivity index (χ0v) is 6.85. The molecule has 0 fully saturated rings. The molecule has 0 spiro atoms. The number of aliphatic hydroxyl groups excluding tert-OH is 1. The summed E-state index contributed by atoms with van der Waals surface area (Å²) in [7, 11) is 0. The van der Waals surface area contributed by atoms with E-state index in [4.69, 9.17) is 5.11 Å². The van der Waals surface area contributed by atoms with Gasteiger partial charge in [0.2, 0.25) is 0 Å². The monoisotopic (exact) mass is 160 g/mol. The molecule has 1 N–H and O–H groups in total. The minimum absolute atomic E-state index is 0.239. The topological polar surface area (TPSA) is 20.2 Å². The van der Waals surface area contributed by atoms with Gasteiger partial charge in [0, 0.05) is 11.8 Å². The summed E-state index contributed by atoms with van der Waals surface area (Å²) >= 11 is 0. The summed E-state index contributed by atoms with van der Waals surface area (Å²) in [5.74, 6) is 2.53. The summed E-state index contributed by atoms with van der Waals surface area (Å²) in [5.41, 5.74) is 1.23. The lowest BCUT2D eigenvalue weighted by Crippen LogP contribution is -2.39. The highest BCUT2D eigenvalue weighted by Gasteiger charge is 2.42. The van der Waals surface area contributed by atoms with Crippen molar-refractivity contribution in [2.75, 3.05) is 6.61 Å². The van der Waals surface area contributed by atoms with E-state index in [-0.39, 0.29) is 6.61 Å². The molecule has 0 amide bonds. The van der Waals surface area contributed by atoms with Crippen LogP contribution >= 0.6 is 0 Å². The van der Waals surface area contributed by atoms with Crippen molar-refractivity contribution in [3.05, 3.63) is 36.0 Å². The van der Waals surface area contributed by atoms with E-state index in [0.29, 0.717) is 17.8 Å². The zero-order chi connectivity index (χ0) is 8.13. The molecule has 0 aromatic rings. The largest absolute Gasteiger partial charge is 0.392 e. The molecular formula is C11H12O. The third-order valence-electron chi connectivity index (χ3n) is 3.42. The van der Waals surface area contributed by atoms with Gasteiger partial charge in [0.15, 0.2) is 0 Å². The quantitative estimate of drug-likeness (QED) is 0.577. The minimum Gasteiger partial charge on any atom is -0.392 e. The highest BCUT2D eigenvalue weighted by atomic mass is 16.3. The second-order valence-electron chi connectivity index (χ2n) is 3.93. The van der Waals surface area contributed by atoms with Crippen molar-refractivity contribution in [3.8, 4) is 0 Å². The average molecular weight is 160 g/mol. The predicted molar refractivity (Wildman–Crippen MR) is 47.4 cm³/mol. The van der Waals surface area contributed by atoms with E-state index >= 15 is 0 Å². The highest BCUT2D eigenvalue weighted by molar-refractivity contribution is 5.37. The Bertz CT molecular complexity index is 298. The fourth-order valence-electron chi connectivity index (χ4n) is 2.67. The predicted octanol–water partition coefficient (Wildman–Crippen LogP) is 1.52. The Morgan fingerprint density at radius 1 is 1.08 bits per heavy atom. The van der Waals surface area contributed by atoms with Crippen molar-refractivity contribution in [1.82, 2.24) is 0 Å². The van der Waals surface area contributed by atoms with Crippen LogP contribution in [0.1, 0.15) is 0 Å². The fraction of sp³-hybridized carbons (Fsp3) is 0.455. The molecule has 2 bridgehead atoms. The Morgan fingerprint density at radius 3 is 2.50 bits per heavy atom. The summed E-state index contributed by atoms with van der Waals surface area (Å²) in [6.45, 7) is 0.239. The molecule has 4 rings (SSSR count). The van der Waals surface area contributed by atoms with Crippen LogP contribution in [0.4, 0.5) is 0 Å². The van der Waals surface area contributed by atoms with Crippen molar-refractivity contribution < 1.29 is 5.11 Å². The van der Waals surface area contributed by atoms with Crippen molar-refractivity contribution in [1.29, 1.82) is 0 Å². The first-order chi connectivity index (χ1) is 5.90. The number of hydrogen-bond acceptors (Lipinski definition) is 1. The van der Waals surface area contributed by atoms with Gasteiger partial charge in [0.1, 0.15) is 0 Å². The second-order valence-corrected chi connectivity index (χ2v) is 3.93. The van der Waals surface area contributed by atoms with E-state index in [1.807, 2.05) is 0 Å². The molecule has 1 nitrogen and oxygen atoms in total. The number of aliphatic hydroxyl groups is 1. The molecule has 1 heteroatoms. The van der Waals surface area contributed by atoms with Gasteiger partial charge in [0.25, 0.3) is 0 Å². The Morgan fingerprint density at radius 2 is 1.92 bits per heavy atom. The molecule has 0 saturated carbocycles. The van der Waals surface area contributed by atoms with E-state index in [1.54, 1.807) is 0 Å². The number of rotatable bonds is 1. The molecule has 62 valence electrons. The molecule has 4 atom stereocenters. The van der Waals surface area contributed by atoms with Crippen molar-refractivity contribution in [2.24, 2.45) is 23.7 Å². The Balaban J connectivity index is 2.03. The van der Waals surface area contributed by atoms with Crippen LogP contribution in [-0.4, -0.2) is 11.7 Å². The van der Waals surface area contributed by atoms with Gasteiger partial charge in [-0.05, 0) is 17.4 Å². The van der Waals surface area contributed by atoms with Crippen molar-refractivity contribution >= 4 is 0 Å². The Hall–Kier alpha value is -0.820. The molecule has 12 heavy (non-hydrogen) atoms. The standard InChI is InChI=1S/C11H12O/c12-6-8-5-7-1-2-10(8)11-4-3-9(7)11/h1-5,7,9-12H,6H2. The summed E-state index contributed by atoms with van der Waals surface area (Å²) in [4.78, 5) is 0. The van der Waals surface area contributed by atoms with Gasteiger partial charge in [0.05, 0.1) is 6.61 Å². The first-order valence-corrected chi connectivity index (χ1v) is 4.58. The lowest BCUT2D eigenvalue weighted by atomic mass is 9.58. The van der Waals surface area contributed by atoms with Gasteiger partial charge < -0.3 is 5.11 Å². The highest BCUT2D eigenvalue weighted by Crippen LogP contribution is 2.49. The number of hydrogen-bond donors (Lipinski definition) is 1. The maximum absolute atomic E-state index is 9.11. The lowest BCUT2D eigenvalue weighted by molar-refractivity contribution is 0.242. The number of allylic oxidation sites excluding steroid dienone is 5. The maximum Gasteiger partial charge on any atom is 0.0647 e. The maximum atomic E-state index is 9.11. The molecule has 0 heterocycles. The molecule has 0 aromatic carbocycles. The van der Waals surface area contributed by atoms with Gasteiger partial charge in [-0.2, -0.15) is 0 Å². The SMILES string of the molecule is OCC1=CC2C=CC1C1C=CC21. The molecule has 0 saturated heterocycles. The Kier molecular flexibility index (Phi) is 1.17. The smallest absolute Gasteiger partial charge is 0.0647 e. The summed E-state index contributed by atoms with van der Waals surface area (Å²) in [6.07, 6.45) is 11.4. The van der Waals surface area contributed by atoms with Crippen LogP contribution in [0.5, 0.6) is 0 Å². The third kappa shape index (κ3) is 0.632. The molecule has 4 aliphatic carbocycles. The first kappa shape index (κ1) is 6.67. The second kappa shape index (κ2) is 2.11. The van der Waals surface area contributed by atoms with Gasteiger partial charge >= 0.3 is 0 Å². The van der Waals surface area contributed by atoms with E-state index in [0.717, 1.165) is 5.92 Å². The molecule has 0 aliphatic heterocycles. The summed E-state index contributed by atoms with van der Waals surface area (Å²) in [5, 5.41) is 9.11. The fourth-order valence-corrected chi connectivity index (χ4v) is 2.67. The van der Waals surface area contributed by atoms with E-state index in [9.17, 15) is 0 Å². The van der Waals surface area contributed by atoms with Crippen molar-refractivity contribution in [2.45, 2.75) is 0 Å². The van der Waals surface area contributed by atoms with Crippen LogP contribution in [0.2, 0.25) is 0 Å². The minimum atomic E-state index is 0.239. The summed E-state index contributed by atoms with van der Waals surface area (Å²) in [6, 6.07) is 0. The molecule has 0 aromatic heterocycles. The van der Waals surface area contributed by atoms with E-state index < -0.39 is 0 Å². The van der Waals surface area contributed by atoms with Gasteiger partial charge in [-0.25, -0.2) is 0 Å². The molecule has 4 unspecified atom stereocenters. The van der Waals surface area contributed by atoms with Crippen LogP contribution in [0.3, 0.4) is 0 Å². The average Bonchev–Trinajstić information content (AvgIpc) is 2.04. The van der Waals surface area contributed by atoms with Gasteiger partial charge in [-0.1, -0.05) is 30.4 Å². The molecular weight excluding hydrogens is 148 g/mol. The molecule has 0 radical (unpaired) electrons. The zero-order valence-electron chi connectivity index (χ0n) is 6.85. The van der Waals surface area contributed by atoms with E-state index in [2.05, 4.69) is 30.4 Å². The van der Waals surface area contributed by atoms with Crippen LogP contribution < -0.4 is 0 Å². The van der Waals surface area contributed by atoms with Crippen LogP contribution in [-0.2, 0) is 0 Å². The summed E-state index contributed by atoms with van der Waals surface area (Å²) < 4.78 is 0. The van der Waals surface area contributed by atoms with Gasteiger partial charge in [-0.3, -0.25) is 0 Å². The first-order valence-electron chi connectivity index (χ1n) is 4.58. The normalized spacial score (nSPS) is 46.9. The third-order valence-corrected chi connectivity index (χ3v) is 3.42. The van der Waals surface area contributed by atoms with Gasteiger partial charge in [-0.15, -0.1) is 0 Å². The lowest BCUT2D eigenvalue weighted by Gasteiger charge is -2.46. The van der Waals surface area contributed by atoms with Crippen LogP contribution in [0.25, 0.3) is 0 Å². The Labute approximate surface area is 72.1 Å². The van der Waals surface area contributed by atoms with Crippen LogP contribution in [0, 0.1) is 23.7 Å². The van der Waals surface area contributed by atoms with E-state index in [1.165, 1.54) is 5.57 Å². The molecule has 4 aliphatic rings.